The molecule has 0 N–H and O–H groups in total. The normalized spacial score (nSPS) is 12.8. The molecule has 2 rings (SSSR count). The summed E-state index contributed by atoms with van der Waals surface area (Å²) in [6.07, 6.45) is 0. The molecule has 106 valence electrons. The van der Waals surface area contributed by atoms with Gasteiger partial charge in [-0.15, -0.1) is 0 Å². The lowest BCUT2D eigenvalue weighted by molar-refractivity contribution is -0.121. The van der Waals surface area contributed by atoms with Gasteiger partial charge in [0.2, 0.25) is 0 Å². The molecule has 5 heteroatoms. The Labute approximate surface area is 116 Å². The van der Waals surface area contributed by atoms with Crippen LogP contribution in [0.5, 0.6) is 0 Å². The third-order valence-electron chi connectivity index (χ3n) is 3.53. The van der Waals surface area contributed by atoms with Gasteiger partial charge in [-0.1, -0.05) is 26.0 Å². The van der Waals surface area contributed by atoms with Gasteiger partial charge in [-0.25, -0.2) is 9.36 Å². The molecular formula is C15H18N2O3. The highest BCUT2D eigenvalue weighted by atomic mass is 16.2. The van der Waals surface area contributed by atoms with Gasteiger partial charge in [0, 0.05) is 7.05 Å². The molecule has 5 nitrogen and oxygen atoms in total. The first-order valence-electron chi connectivity index (χ1n) is 6.57. The van der Waals surface area contributed by atoms with Crippen LogP contribution in [0.4, 0.5) is 0 Å². The second-order valence-electron chi connectivity index (χ2n) is 5.33. The number of para-hydroxylation sites is 1. The molecule has 2 aromatic rings. The highest BCUT2D eigenvalue weighted by Gasteiger charge is 2.25. The van der Waals surface area contributed by atoms with E-state index in [0.717, 1.165) is 4.57 Å². The summed E-state index contributed by atoms with van der Waals surface area (Å²) in [5, 5.41) is 0.446. The van der Waals surface area contributed by atoms with Gasteiger partial charge in [-0.05, 0) is 25.0 Å². The number of carbonyl (C=O) groups is 1. The van der Waals surface area contributed by atoms with Crippen molar-refractivity contribution in [2.75, 3.05) is 0 Å². The van der Waals surface area contributed by atoms with E-state index in [4.69, 9.17) is 0 Å². The number of fused-ring (bicyclic) bond motifs is 1. The van der Waals surface area contributed by atoms with Crippen LogP contribution >= 0.6 is 0 Å². The first kappa shape index (κ1) is 14.2. The monoisotopic (exact) mass is 274 g/mol. The number of nitrogens with zero attached hydrogens (tertiary/aromatic N) is 2. The van der Waals surface area contributed by atoms with Crippen molar-refractivity contribution in [3.63, 3.8) is 0 Å². The fourth-order valence-corrected chi connectivity index (χ4v) is 2.62. The zero-order valence-electron chi connectivity index (χ0n) is 12.1. The highest BCUT2D eigenvalue weighted by Crippen LogP contribution is 2.16. The fourth-order valence-electron chi connectivity index (χ4n) is 2.62. The molecule has 1 aromatic heterocycles. The molecular weight excluding hydrogens is 256 g/mol. The summed E-state index contributed by atoms with van der Waals surface area (Å²) in [7, 11) is 1.61. The number of carbonyl (C=O) groups excluding carboxylic acids is 1. The van der Waals surface area contributed by atoms with Gasteiger partial charge in [0.25, 0.3) is 5.56 Å². The van der Waals surface area contributed by atoms with Gasteiger partial charge in [0.15, 0.2) is 5.78 Å². The molecule has 0 radical (unpaired) electrons. The third-order valence-corrected chi connectivity index (χ3v) is 3.53. The molecule has 0 aliphatic carbocycles. The van der Waals surface area contributed by atoms with Crippen LogP contribution in [0.3, 0.4) is 0 Å². The maximum Gasteiger partial charge on any atom is 0.331 e. The van der Waals surface area contributed by atoms with Crippen LogP contribution in [0.25, 0.3) is 10.9 Å². The lowest BCUT2D eigenvalue weighted by Crippen LogP contribution is -2.45. The average Bonchev–Trinajstić information content (AvgIpc) is 2.40. The van der Waals surface area contributed by atoms with Crippen LogP contribution < -0.4 is 11.2 Å². The predicted molar refractivity (Wildman–Crippen MR) is 78.0 cm³/mol. The maximum absolute atomic E-state index is 12.5. The molecule has 0 saturated heterocycles. The highest BCUT2D eigenvalue weighted by molar-refractivity contribution is 5.81. The van der Waals surface area contributed by atoms with Crippen molar-refractivity contribution in [1.82, 2.24) is 9.13 Å². The minimum atomic E-state index is -0.731. The summed E-state index contributed by atoms with van der Waals surface area (Å²) in [6.45, 7) is 5.06. The zero-order valence-corrected chi connectivity index (χ0v) is 12.1. The van der Waals surface area contributed by atoms with Crippen molar-refractivity contribution in [2.24, 2.45) is 13.0 Å². The molecule has 0 amide bonds. The summed E-state index contributed by atoms with van der Waals surface area (Å²) in [5.41, 5.74) is -0.287. The molecule has 0 aliphatic heterocycles. The molecule has 0 unspecified atom stereocenters. The van der Waals surface area contributed by atoms with Crippen molar-refractivity contribution in [2.45, 2.75) is 26.8 Å². The Morgan fingerprint density at radius 1 is 1.15 bits per heavy atom. The van der Waals surface area contributed by atoms with Crippen LogP contribution in [0.15, 0.2) is 33.9 Å². The summed E-state index contributed by atoms with van der Waals surface area (Å²) in [6, 6.07) is 6.18. The van der Waals surface area contributed by atoms with E-state index in [-0.39, 0.29) is 11.7 Å². The number of rotatable bonds is 3. The summed E-state index contributed by atoms with van der Waals surface area (Å²) < 4.78 is 2.49. The number of ketones is 1. The molecule has 1 atom stereocenters. The number of hydrogen-bond donors (Lipinski definition) is 0. The van der Waals surface area contributed by atoms with Gasteiger partial charge >= 0.3 is 5.69 Å². The van der Waals surface area contributed by atoms with Crippen molar-refractivity contribution >= 4 is 16.7 Å². The summed E-state index contributed by atoms with van der Waals surface area (Å²) >= 11 is 0. The number of aryl methyl sites for hydroxylation is 1. The van der Waals surface area contributed by atoms with Crippen molar-refractivity contribution in [3.05, 3.63) is 45.1 Å². The predicted octanol–water partition coefficient (Wildman–Crippen LogP) is 1.49. The number of benzene rings is 1. The van der Waals surface area contributed by atoms with E-state index in [2.05, 4.69) is 0 Å². The lowest BCUT2D eigenvalue weighted by atomic mass is 10.0. The first-order valence-corrected chi connectivity index (χ1v) is 6.57. The molecule has 1 aromatic carbocycles. The Hall–Kier alpha value is -2.17. The summed E-state index contributed by atoms with van der Waals surface area (Å²) in [4.78, 5) is 36.8. The van der Waals surface area contributed by atoms with Crippen molar-refractivity contribution in [1.29, 1.82) is 0 Å². The SMILES string of the molecule is CC(=O)[C@H](C(C)C)n1c(=O)c2ccccc2n(C)c1=O. The smallest absolute Gasteiger partial charge is 0.298 e. The molecule has 0 saturated carbocycles. The summed E-state index contributed by atoms with van der Waals surface area (Å²) in [5.74, 6) is -0.312. The van der Waals surface area contributed by atoms with Crippen LogP contribution in [0.1, 0.15) is 26.8 Å². The van der Waals surface area contributed by atoms with Crippen molar-refractivity contribution in [3.8, 4) is 0 Å². The maximum atomic E-state index is 12.5. The Morgan fingerprint density at radius 3 is 2.30 bits per heavy atom. The van der Waals surface area contributed by atoms with E-state index in [9.17, 15) is 14.4 Å². The van der Waals surface area contributed by atoms with Crippen LogP contribution in [-0.2, 0) is 11.8 Å². The molecule has 0 bridgehead atoms. The lowest BCUT2D eigenvalue weighted by Gasteiger charge is -2.21. The van der Waals surface area contributed by atoms with Gasteiger partial charge in [-0.2, -0.15) is 0 Å². The van der Waals surface area contributed by atoms with Crippen LogP contribution in [0, 0.1) is 5.92 Å². The Balaban J connectivity index is 2.94. The van der Waals surface area contributed by atoms with E-state index in [1.807, 2.05) is 13.8 Å². The largest absolute Gasteiger partial charge is 0.331 e. The Morgan fingerprint density at radius 2 is 1.75 bits per heavy atom. The minimum absolute atomic E-state index is 0.126. The van der Waals surface area contributed by atoms with Gasteiger partial charge in [0.1, 0.15) is 6.04 Å². The molecule has 0 spiro atoms. The Bertz CT molecular complexity index is 784. The van der Waals surface area contributed by atoms with Crippen LogP contribution in [-0.4, -0.2) is 14.9 Å². The second-order valence-corrected chi connectivity index (χ2v) is 5.33. The van der Waals surface area contributed by atoms with Gasteiger partial charge in [-0.3, -0.25) is 14.2 Å². The van der Waals surface area contributed by atoms with E-state index in [0.29, 0.717) is 10.9 Å². The third kappa shape index (κ3) is 2.09. The van der Waals surface area contributed by atoms with Crippen LogP contribution in [0.2, 0.25) is 0 Å². The van der Waals surface area contributed by atoms with Crippen molar-refractivity contribution < 1.29 is 4.79 Å². The van der Waals surface area contributed by atoms with E-state index >= 15 is 0 Å². The fraction of sp³-hybridized carbons (Fsp3) is 0.400. The van der Waals surface area contributed by atoms with Gasteiger partial charge in [0.05, 0.1) is 10.9 Å². The molecule has 0 fully saturated rings. The van der Waals surface area contributed by atoms with E-state index in [1.165, 1.54) is 11.5 Å². The number of hydrogen-bond acceptors (Lipinski definition) is 3. The molecule has 1 heterocycles. The number of Topliss-reactive ketones (excluding diaryl/α,β-unsaturated/α-hetero) is 1. The Kier molecular flexibility index (Phi) is 3.61. The molecule has 0 aliphatic rings. The standard InChI is InChI=1S/C15H18N2O3/c1-9(2)13(10(3)18)17-14(19)11-7-5-6-8-12(11)16(4)15(17)20/h5-9,13H,1-4H3/t13-/m0/s1. The van der Waals surface area contributed by atoms with E-state index < -0.39 is 17.3 Å². The first-order chi connectivity index (χ1) is 9.36. The quantitative estimate of drug-likeness (QED) is 0.852. The molecule has 20 heavy (non-hydrogen) atoms. The second kappa shape index (κ2) is 5.07. The zero-order chi connectivity index (χ0) is 15.0. The van der Waals surface area contributed by atoms with Gasteiger partial charge < -0.3 is 0 Å². The van der Waals surface area contributed by atoms with E-state index in [1.54, 1.807) is 31.3 Å². The topological polar surface area (TPSA) is 61.1 Å². The average molecular weight is 274 g/mol. The minimum Gasteiger partial charge on any atom is -0.298 e. The number of aromatic nitrogens is 2.